The fourth-order valence-electron chi connectivity index (χ4n) is 3.61. The Balaban J connectivity index is 1.64. The first kappa shape index (κ1) is 18.2. The normalized spacial score (nSPS) is 21.9. The van der Waals surface area contributed by atoms with E-state index in [0.29, 0.717) is 6.42 Å². The summed E-state index contributed by atoms with van der Waals surface area (Å²) >= 11 is 0. The van der Waals surface area contributed by atoms with Gasteiger partial charge in [-0.05, 0) is 55.2 Å². The number of rotatable bonds is 8. The lowest BCUT2D eigenvalue weighted by molar-refractivity contribution is 0.260. The molecule has 1 fully saturated rings. The summed E-state index contributed by atoms with van der Waals surface area (Å²) in [6.07, 6.45) is 17.2. The third kappa shape index (κ3) is 6.45. The van der Waals surface area contributed by atoms with Gasteiger partial charge in [0.15, 0.2) is 11.6 Å². The second kappa shape index (κ2) is 9.85. The summed E-state index contributed by atoms with van der Waals surface area (Å²) in [5.74, 6) is 0.258. The summed E-state index contributed by atoms with van der Waals surface area (Å²) in [5, 5.41) is 0. The van der Waals surface area contributed by atoms with E-state index in [1.54, 1.807) is 6.07 Å². The van der Waals surface area contributed by atoms with Crippen LogP contribution in [-0.4, -0.2) is 0 Å². The molecule has 1 saturated carbocycles. The van der Waals surface area contributed by atoms with Crippen LogP contribution in [0.3, 0.4) is 0 Å². The number of allylic oxidation sites excluding steroid dienone is 2. The number of hydrogen-bond acceptors (Lipinski definition) is 0. The van der Waals surface area contributed by atoms with Crippen molar-refractivity contribution >= 4 is 0 Å². The molecule has 0 aliphatic heterocycles. The van der Waals surface area contributed by atoms with Crippen LogP contribution in [0, 0.1) is 23.5 Å². The van der Waals surface area contributed by atoms with Gasteiger partial charge in [0.1, 0.15) is 0 Å². The Kier molecular flexibility index (Phi) is 7.78. The topological polar surface area (TPSA) is 0 Å². The van der Waals surface area contributed by atoms with E-state index in [1.165, 1.54) is 63.5 Å². The van der Waals surface area contributed by atoms with Crippen LogP contribution in [-0.2, 0) is 6.42 Å². The van der Waals surface area contributed by atoms with Crippen molar-refractivity contribution in [3.63, 3.8) is 0 Å². The van der Waals surface area contributed by atoms with E-state index in [9.17, 15) is 8.78 Å². The van der Waals surface area contributed by atoms with Gasteiger partial charge < -0.3 is 0 Å². The average molecular weight is 320 g/mol. The summed E-state index contributed by atoms with van der Waals surface area (Å²) in [4.78, 5) is 0. The minimum atomic E-state index is -0.770. The Bertz CT molecular complexity index is 485. The maximum Gasteiger partial charge on any atom is 0.159 e. The fraction of sp³-hybridized carbons (Fsp3) is 0.619. The first-order valence-corrected chi connectivity index (χ1v) is 9.28. The van der Waals surface area contributed by atoms with Crippen LogP contribution < -0.4 is 0 Å². The maximum atomic E-state index is 13.1. The van der Waals surface area contributed by atoms with Crippen LogP contribution in [0.25, 0.3) is 0 Å². The Morgan fingerprint density at radius 2 is 1.70 bits per heavy atom. The van der Waals surface area contributed by atoms with E-state index < -0.39 is 11.6 Å². The molecule has 2 heteroatoms. The Hall–Kier alpha value is -1.18. The molecule has 0 nitrogen and oxygen atoms in total. The molecule has 0 amide bonds. The molecule has 0 unspecified atom stereocenters. The van der Waals surface area contributed by atoms with Gasteiger partial charge in [0, 0.05) is 0 Å². The zero-order chi connectivity index (χ0) is 16.5. The predicted molar refractivity (Wildman–Crippen MR) is 93.4 cm³/mol. The molecule has 0 spiro atoms. The van der Waals surface area contributed by atoms with Crippen molar-refractivity contribution in [2.24, 2.45) is 11.8 Å². The molecule has 1 aromatic rings. The highest BCUT2D eigenvalue weighted by molar-refractivity contribution is 5.20. The highest BCUT2D eigenvalue weighted by Gasteiger charge is 2.19. The molecule has 1 aliphatic rings. The van der Waals surface area contributed by atoms with Gasteiger partial charge in [-0.2, -0.15) is 0 Å². The molecule has 0 bridgehead atoms. The van der Waals surface area contributed by atoms with Gasteiger partial charge >= 0.3 is 0 Å². The quantitative estimate of drug-likeness (QED) is 0.363. The van der Waals surface area contributed by atoms with Crippen molar-refractivity contribution in [2.75, 3.05) is 0 Å². The summed E-state index contributed by atoms with van der Waals surface area (Å²) < 4.78 is 26.0. The minimum Gasteiger partial charge on any atom is -0.204 e. The van der Waals surface area contributed by atoms with Crippen LogP contribution in [0.2, 0.25) is 0 Å². The fourth-order valence-corrected chi connectivity index (χ4v) is 3.61. The summed E-state index contributed by atoms with van der Waals surface area (Å²) in [6, 6.07) is 4.16. The summed E-state index contributed by atoms with van der Waals surface area (Å²) in [7, 11) is 0. The van der Waals surface area contributed by atoms with Gasteiger partial charge in [0.25, 0.3) is 0 Å². The zero-order valence-corrected chi connectivity index (χ0v) is 14.4. The molecular weight excluding hydrogens is 290 g/mol. The molecule has 0 radical (unpaired) electrons. The van der Waals surface area contributed by atoms with Gasteiger partial charge in [-0.1, -0.05) is 63.7 Å². The molecule has 0 heterocycles. The summed E-state index contributed by atoms with van der Waals surface area (Å²) in [6.45, 7) is 2.27. The van der Waals surface area contributed by atoms with Crippen molar-refractivity contribution in [3.05, 3.63) is 47.5 Å². The Morgan fingerprint density at radius 3 is 2.39 bits per heavy atom. The summed E-state index contributed by atoms with van der Waals surface area (Å²) in [5.41, 5.74) is 0.833. The molecule has 1 aliphatic carbocycles. The van der Waals surface area contributed by atoms with E-state index in [2.05, 4.69) is 19.1 Å². The second-order valence-electron chi connectivity index (χ2n) is 7.04. The molecule has 128 valence electrons. The van der Waals surface area contributed by atoms with Gasteiger partial charge in [0.2, 0.25) is 0 Å². The van der Waals surface area contributed by atoms with Gasteiger partial charge in [-0.3, -0.25) is 0 Å². The third-order valence-corrected chi connectivity index (χ3v) is 5.16. The second-order valence-corrected chi connectivity index (χ2v) is 7.04. The van der Waals surface area contributed by atoms with Crippen LogP contribution in [0.1, 0.15) is 70.3 Å². The van der Waals surface area contributed by atoms with Crippen LogP contribution in [0.5, 0.6) is 0 Å². The van der Waals surface area contributed by atoms with Gasteiger partial charge in [-0.15, -0.1) is 0 Å². The van der Waals surface area contributed by atoms with E-state index in [4.69, 9.17) is 0 Å². The van der Waals surface area contributed by atoms with Gasteiger partial charge in [-0.25, -0.2) is 8.78 Å². The lowest BCUT2D eigenvalue weighted by Crippen LogP contribution is -2.14. The van der Waals surface area contributed by atoms with Crippen molar-refractivity contribution in [1.29, 1.82) is 0 Å². The molecule has 0 saturated heterocycles. The van der Waals surface area contributed by atoms with Gasteiger partial charge in [0.05, 0.1) is 0 Å². The molecule has 0 atom stereocenters. The predicted octanol–water partition coefficient (Wildman–Crippen LogP) is 6.84. The molecule has 0 aromatic heterocycles. The first-order chi connectivity index (χ1) is 11.2. The number of halogens is 2. The van der Waals surface area contributed by atoms with Crippen LogP contribution in [0.4, 0.5) is 8.78 Å². The van der Waals surface area contributed by atoms with E-state index in [-0.39, 0.29) is 0 Å². The molecule has 23 heavy (non-hydrogen) atoms. The highest BCUT2D eigenvalue weighted by atomic mass is 19.2. The highest BCUT2D eigenvalue weighted by Crippen LogP contribution is 2.33. The number of hydrogen-bond donors (Lipinski definition) is 0. The van der Waals surface area contributed by atoms with Crippen LogP contribution >= 0.6 is 0 Å². The van der Waals surface area contributed by atoms with E-state index in [0.717, 1.165) is 23.8 Å². The molecule has 0 N–H and O–H groups in total. The average Bonchev–Trinajstić information content (AvgIpc) is 2.56. The first-order valence-electron chi connectivity index (χ1n) is 9.28. The zero-order valence-electron chi connectivity index (χ0n) is 14.4. The Morgan fingerprint density at radius 1 is 0.957 bits per heavy atom. The lowest BCUT2D eigenvalue weighted by atomic mass is 9.78. The lowest BCUT2D eigenvalue weighted by Gasteiger charge is -2.27. The SMILES string of the molecule is CCCCCC1CCC(CC=CCc2ccc(F)c(F)c2)CC1. The minimum absolute atomic E-state index is 0.684. The third-order valence-electron chi connectivity index (χ3n) is 5.16. The van der Waals surface area contributed by atoms with E-state index >= 15 is 0 Å². The van der Waals surface area contributed by atoms with E-state index in [1.807, 2.05) is 0 Å². The number of benzene rings is 1. The van der Waals surface area contributed by atoms with Crippen molar-refractivity contribution < 1.29 is 8.78 Å². The van der Waals surface area contributed by atoms with Crippen molar-refractivity contribution in [2.45, 2.75) is 71.1 Å². The standard InChI is InChI=1S/C21H30F2/c1-2-3-4-7-17-10-12-18(13-11-17)8-5-6-9-19-14-15-20(22)21(23)16-19/h5-6,14-18H,2-4,7-13H2,1H3. The van der Waals surface area contributed by atoms with Crippen LogP contribution in [0.15, 0.2) is 30.4 Å². The largest absolute Gasteiger partial charge is 0.204 e. The smallest absolute Gasteiger partial charge is 0.159 e. The maximum absolute atomic E-state index is 13.1. The molecule has 1 aromatic carbocycles. The molecule has 2 rings (SSSR count). The Labute approximate surface area is 140 Å². The molecular formula is C21H30F2. The number of unbranched alkanes of at least 4 members (excludes halogenated alkanes) is 2. The van der Waals surface area contributed by atoms with Crippen molar-refractivity contribution in [1.82, 2.24) is 0 Å². The van der Waals surface area contributed by atoms with Crippen molar-refractivity contribution in [3.8, 4) is 0 Å². The monoisotopic (exact) mass is 320 g/mol.